The summed E-state index contributed by atoms with van der Waals surface area (Å²) in [5.74, 6) is 0.474. The molecule has 0 aromatic rings. The highest BCUT2D eigenvalue weighted by molar-refractivity contribution is 5.79. The van der Waals surface area contributed by atoms with Crippen LogP contribution in [0.25, 0.3) is 0 Å². The number of carbonyl (C=O) groups excluding carboxylic acids is 1. The van der Waals surface area contributed by atoms with Crippen molar-refractivity contribution in [2.75, 3.05) is 19.7 Å². The molecule has 0 aliphatic carbocycles. The molecule has 82 valence electrons. The predicted octanol–water partition coefficient (Wildman–Crippen LogP) is 0.783. The number of carbonyl (C=O) groups is 1. The minimum absolute atomic E-state index is 0.102. The monoisotopic (exact) mass is 208 g/mol. The van der Waals surface area contributed by atoms with E-state index in [1.165, 1.54) is 0 Å². The van der Waals surface area contributed by atoms with E-state index < -0.39 is 0 Å². The van der Waals surface area contributed by atoms with E-state index in [1.54, 1.807) is 0 Å². The molecule has 1 amide bonds. The first-order valence-electron chi connectivity index (χ1n) is 5.49. The second-order valence-corrected chi connectivity index (χ2v) is 4.45. The van der Waals surface area contributed by atoms with E-state index in [0.717, 1.165) is 19.6 Å². The molecule has 2 rings (SSSR count). The van der Waals surface area contributed by atoms with Gasteiger partial charge in [-0.05, 0) is 13.3 Å². The van der Waals surface area contributed by atoms with Gasteiger partial charge in [0.05, 0.1) is 18.1 Å². The van der Waals surface area contributed by atoms with Gasteiger partial charge in [-0.25, -0.2) is 0 Å². The summed E-state index contributed by atoms with van der Waals surface area (Å²) in [5, 5.41) is 8.76. The molecule has 2 aliphatic rings. The summed E-state index contributed by atoms with van der Waals surface area (Å²) >= 11 is 0. The second-order valence-electron chi connectivity index (χ2n) is 4.45. The molecule has 0 spiro atoms. The standard InChI is InChI=1S/C11H16N2O2/c1-8-10(2-3-15-8)7-13-6-9(5-12)4-11(13)14/h8-10H,2-4,6-7H2,1H3. The molecule has 3 atom stereocenters. The van der Waals surface area contributed by atoms with Crippen LogP contribution in [0.1, 0.15) is 19.8 Å². The zero-order valence-electron chi connectivity index (χ0n) is 8.98. The number of nitriles is 1. The third-order valence-corrected chi connectivity index (χ3v) is 3.39. The topological polar surface area (TPSA) is 53.3 Å². The number of likely N-dealkylation sites (tertiary alicyclic amines) is 1. The van der Waals surface area contributed by atoms with E-state index in [1.807, 2.05) is 4.90 Å². The Bertz CT molecular complexity index is 297. The quantitative estimate of drug-likeness (QED) is 0.674. The van der Waals surface area contributed by atoms with Gasteiger partial charge in [0.15, 0.2) is 0 Å². The van der Waals surface area contributed by atoms with Gasteiger partial charge < -0.3 is 9.64 Å². The zero-order chi connectivity index (χ0) is 10.8. The fraction of sp³-hybridized carbons (Fsp3) is 0.818. The molecule has 2 heterocycles. The van der Waals surface area contributed by atoms with E-state index in [0.29, 0.717) is 18.9 Å². The maximum atomic E-state index is 11.6. The summed E-state index contributed by atoms with van der Waals surface area (Å²) in [7, 11) is 0. The Labute approximate surface area is 89.8 Å². The molecule has 0 aromatic carbocycles. The third kappa shape index (κ3) is 2.13. The van der Waals surface area contributed by atoms with Crippen LogP contribution in [0.3, 0.4) is 0 Å². The summed E-state index contributed by atoms with van der Waals surface area (Å²) in [6.45, 7) is 4.23. The first-order chi connectivity index (χ1) is 7.20. The Balaban J connectivity index is 1.90. The van der Waals surface area contributed by atoms with Crippen LogP contribution in [-0.2, 0) is 9.53 Å². The molecule has 0 saturated carbocycles. The molecule has 15 heavy (non-hydrogen) atoms. The van der Waals surface area contributed by atoms with E-state index >= 15 is 0 Å². The van der Waals surface area contributed by atoms with Gasteiger partial charge in [0.1, 0.15) is 0 Å². The summed E-state index contributed by atoms with van der Waals surface area (Å²) in [5.41, 5.74) is 0. The lowest BCUT2D eigenvalue weighted by Crippen LogP contribution is -2.33. The fourth-order valence-electron chi connectivity index (χ4n) is 2.33. The third-order valence-electron chi connectivity index (χ3n) is 3.39. The van der Waals surface area contributed by atoms with Crippen molar-refractivity contribution < 1.29 is 9.53 Å². The number of hydrogen-bond acceptors (Lipinski definition) is 3. The van der Waals surface area contributed by atoms with Crippen molar-refractivity contribution in [1.29, 1.82) is 5.26 Å². The van der Waals surface area contributed by atoms with Gasteiger partial charge in [-0.2, -0.15) is 5.26 Å². The molecule has 4 heteroatoms. The van der Waals surface area contributed by atoms with E-state index in [-0.39, 0.29) is 17.9 Å². The van der Waals surface area contributed by atoms with Crippen molar-refractivity contribution >= 4 is 5.91 Å². The lowest BCUT2D eigenvalue weighted by molar-refractivity contribution is -0.128. The first-order valence-corrected chi connectivity index (χ1v) is 5.49. The summed E-state index contributed by atoms with van der Waals surface area (Å²) in [6, 6.07) is 2.17. The van der Waals surface area contributed by atoms with Crippen molar-refractivity contribution in [3.8, 4) is 6.07 Å². The van der Waals surface area contributed by atoms with Crippen LogP contribution in [0.15, 0.2) is 0 Å². The molecule has 3 unspecified atom stereocenters. The Morgan fingerprint density at radius 1 is 1.67 bits per heavy atom. The fourth-order valence-corrected chi connectivity index (χ4v) is 2.33. The molecule has 2 saturated heterocycles. The average molecular weight is 208 g/mol. The van der Waals surface area contributed by atoms with Gasteiger partial charge in [-0.15, -0.1) is 0 Å². The lowest BCUT2D eigenvalue weighted by atomic mass is 10.0. The highest BCUT2D eigenvalue weighted by Crippen LogP contribution is 2.25. The molecule has 2 fully saturated rings. The average Bonchev–Trinajstić information content (AvgIpc) is 2.76. The largest absolute Gasteiger partial charge is 0.378 e. The highest BCUT2D eigenvalue weighted by Gasteiger charge is 2.33. The van der Waals surface area contributed by atoms with Gasteiger partial charge in [0.2, 0.25) is 5.91 Å². The Kier molecular flexibility index (Phi) is 2.92. The van der Waals surface area contributed by atoms with Crippen molar-refractivity contribution in [2.45, 2.75) is 25.9 Å². The van der Waals surface area contributed by atoms with E-state index in [2.05, 4.69) is 13.0 Å². The second kappa shape index (κ2) is 4.19. The Morgan fingerprint density at radius 2 is 2.47 bits per heavy atom. The number of amides is 1. The molecular formula is C11H16N2O2. The van der Waals surface area contributed by atoms with Gasteiger partial charge in [0, 0.05) is 32.0 Å². The van der Waals surface area contributed by atoms with Gasteiger partial charge in [-0.3, -0.25) is 4.79 Å². The van der Waals surface area contributed by atoms with E-state index in [9.17, 15) is 4.79 Å². The molecule has 2 aliphatic heterocycles. The number of hydrogen-bond donors (Lipinski definition) is 0. The number of rotatable bonds is 2. The van der Waals surface area contributed by atoms with Gasteiger partial charge >= 0.3 is 0 Å². The lowest BCUT2D eigenvalue weighted by Gasteiger charge is -2.22. The minimum atomic E-state index is -0.102. The SMILES string of the molecule is CC1OCCC1CN1CC(C#N)CC1=O. The summed E-state index contributed by atoms with van der Waals surface area (Å²) < 4.78 is 5.46. The minimum Gasteiger partial charge on any atom is -0.378 e. The highest BCUT2D eigenvalue weighted by atomic mass is 16.5. The van der Waals surface area contributed by atoms with Crippen LogP contribution < -0.4 is 0 Å². The molecule has 0 aromatic heterocycles. The van der Waals surface area contributed by atoms with Crippen molar-refractivity contribution in [3.05, 3.63) is 0 Å². The molecular weight excluding hydrogens is 192 g/mol. The maximum Gasteiger partial charge on any atom is 0.224 e. The van der Waals surface area contributed by atoms with Crippen LogP contribution in [0, 0.1) is 23.2 Å². The normalized spacial score (nSPS) is 35.9. The van der Waals surface area contributed by atoms with Crippen molar-refractivity contribution in [2.24, 2.45) is 11.8 Å². The Morgan fingerprint density at radius 3 is 3.00 bits per heavy atom. The smallest absolute Gasteiger partial charge is 0.224 e. The van der Waals surface area contributed by atoms with Gasteiger partial charge in [0.25, 0.3) is 0 Å². The first kappa shape index (κ1) is 10.4. The van der Waals surface area contributed by atoms with Crippen LogP contribution >= 0.6 is 0 Å². The molecule has 4 nitrogen and oxygen atoms in total. The van der Waals surface area contributed by atoms with Gasteiger partial charge in [-0.1, -0.05) is 0 Å². The zero-order valence-corrected chi connectivity index (χ0v) is 8.98. The predicted molar refractivity (Wildman–Crippen MR) is 53.8 cm³/mol. The van der Waals surface area contributed by atoms with Crippen LogP contribution in [-0.4, -0.2) is 36.6 Å². The molecule has 0 radical (unpaired) electrons. The maximum absolute atomic E-state index is 11.6. The van der Waals surface area contributed by atoms with Crippen LogP contribution in [0.2, 0.25) is 0 Å². The van der Waals surface area contributed by atoms with Crippen molar-refractivity contribution in [1.82, 2.24) is 4.90 Å². The molecule has 0 N–H and O–H groups in total. The van der Waals surface area contributed by atoms with Crippen LogP contribution in [0.5, 0.6) is 0 Å². The number of ether oxygens (including phenoxy) is 1. The number of nitrogens with zero attached hydrogens (tertiary/aromatic N) is 2. The molecule has 0 bridgehead atoms. The Hall–Kier alpha value is -1.08. The van der Waals surface area contributed by atoms with Crippen LogP contribution in [0.4, 0.5) is 0 Å². The summed E-state index contributed by atoms with van der Waals surface area (Å²) in [4.78, 5) is 13.4. The van der Waals surface area contributed by atoms with Crippen molar-refractivity contribution in [3.63, 3.8) is 0 Å². The van der Waals surface area contributed by atoms with E-state index in [4.69, 9.17) is 10.00 Å². The summed E-state index contributed by atoms with van der Waals surface area (Å²) in [6.07, 6.45) is 1.68.